The standard InChI is InChI=1S/C16H26N2/c1-5-13-6-7-16-14(10-13)15(8-9-18(16)4)17-11-12(2)3/h6-7,10,12,15,17H,5,8-9,11H2,1-4H3. The molecule has 1 N–H and O–H groups in total. The smallest absolute Gasteiger partial charge is 0.0412 e. The summed E-state index contributed by atoms with van der Waals surface area (Å²) in [6, 6.07) is 7.48. The van der Waals surface area contributed by atoms with E-state index in [0.29, 0.717) is 12.0 Å². The van der Waals surface area contributed by atoms with Crippen molar-refractivity contribution in [1.29, 1.82) is 0 Å². The van der Waals surface area contributed by atoms with E-state index < -0.39 is 0 Å². The molecular formula is C16H26N2. The van der Waals surface area contributed by atoms with Crippen LogP contribution in [0.25, 0.3) is 0 Å². The highest BCUT2D eigenvalue weighted by molar-refractivity contribution is 5.57. The number of anilines is 1. The zero-order valence-electron chi connectivity index (χ0n) is 12.2. The van der Waals surface area contributed by atoms with Crippen molar-refractivity contribution in [3.63, 3.8) is 0 Å². The molecule has 1 atom stereocenters. The van der Waals surface area contributed by atoms with Gasteiger partial charge in [-0.15, -0.1) is 0 Å². The van der Waals surface area contributed by atoms with Gasteiger partial charge in [0, 0.05) is 25.3 Å². The van der Waals surface area contributed by atoms with Crippen molar-refractivity contribution in [2.45, 2.75) is 39.7 Å². The molecular weight excluding hydrogens is 220 g/mol. The maximum atomic E-state index is 3.72. The zero-order chi connectivity index (χ0) is 13.1. The molecule has 1 aliphatic heterocycles. The van der Waals surface area contributed by atoms with Gasteiger partial charge in [-0.3, -0.25) is 0 Å². The molecule has 2 rings (SSSR count). The lowest BCUT2D eigenvalue weighted by atomic mass is 9.94. The fourth-order valence-electron chi connectivity index (χ4n) is 2.64. The van der Waals surface area contributed by atoms with Gasteiger partial charge in [-0.05, 0) is 42.5 Å². The van der Waals surface area contributed by atoms with Crippen LogP contribution in [-0.2, 0) is 6.42 Å². The van der Waals surface area contributed by atoms with Crippen LogP contribution in [0.3, 0.4) is 0 Å². The van der Waals surface area contributed by atoms with Gasteiger partial charge in [0.1, 0.15) is 0 Å². The number of fused-ring (bicyclic) bond motifs is 1. The van der Waals surface area contributed by atoms with Crippen LogP contribution < -0.4 is 10.2 Å². The van der Waals surface area contributed by atoms with Crippen molar-refractivity contribution < 1.29 is 0 Å². The van der Waals surface area contributed by atoms with Gasteiger partial charge < -0.3 is 10.2 Å². The molecule has 1 unspecified atom stereocenters. The minimum atomic E-state index is 0.532. The van der Waals surface area contributed by atoms with Gasteiger partial charge in [-0.25, -0.2) is 0 Å². The number of benzene rings is 1. The highest BCUT2D eigenvalue weighted by atomic mass is 15.1. The molecule has 1 aliphatic rings. The SMILES string of the molecule is CCc1ccc2c(c1)C(NCC(C)C)CCN2C. The van der Waals surface area contributed by atoms with Crippen LogP contribution in [0, 0.1) is 5.92 Å². The third-order valence-corrected chi connectivity index (χ3v) is 3.81. The Morgan fingerprint density at radius 1 is 1.39 bits per heavy atom. The van der Waals surface area contributed by atoms with Crippen molar-refractivity contribution in [2.75, 3.05) is 25.0 Å². The predicted molar refractivity (Wildman–Crippen MR) is 79.3 cm³/mol. The summed E-state index contributed by atoms with van der Waals surface area (Å²) in [7, 11) is 2.20. The first-order valence-electron chi connectivity index (χ1n) is 7.19. The van der Waals surface area contributed by atoms with Gasteiger partial charge in [0.05, 0.1) is 0 Å². The quantitative estimate of drug-likeness (QED) is 0.876. The first kappa shape index (κ1) is 13.4. The molecule has 0 saturated heterocycles. The maximum Gasteiger partial charge on any atom is 0.0412 e. The van der Waals surface area contributed by atoms with E-state index in [2.05, 4.69) is 56.2 Å². The summed E-state index contributed by atoms with van der Waals surface area (Å²) >= 11 is 0. The third kappa shape index (κ3) is 2.86. The van der Waals surface area contributed by atoms with Crippen molar-refractivity contribution in [3.8, 4) is 0 Å². The minimum Gasteiger partial charge on any atom is -0.374 e. The molecule has 0 amide bonds. The van der Waals surface area contributed by atoms with E-state index in [0.717, 1.165) is 19.5 Å². The molecule has 0 aliphatic carbocycles. The zero-order valence-corrected chi connectivity index (χ0v) is 12.2. The second kappa shape index (κ2) is 5.75. The second-order valence-corrected chi connectivity index (χ2v) is 5.81. The Labute approximate surface area is 111 Å². The molecule has 100 valence electrons. The van der Waals surface area contributed by atoms with Gasteiger partial charge in [0.2, 0.25) is 0 Å². The monoisotopic (exact) mass is 246 g/mol. The summed E-state index contributed by atoms with van der Waals surface area (Å²) in [5.41, 5.74) is 4.34. The van der Waals surface area contributed by atoms with Crippen LogP contribution in [0.5, 0.6) is 0 Å². The van der Waals surface area contributed by atoms with E-state index >= 15 is 0 Å². The Morgan fingerprint density at radius 2 is 2.17 bits per heavy atom. The van der Waals surface area contributed by atoms with Crippen LogP contribution in [0.4, 0.5) is 5.69 Å². The lowest BCUT2D eigenvalue weighted by Gasteiger charge is -2.34. The summed E-state index contributed by atoms with van der Waals surface area (Å²) < 4.78 is 0. The third-order valence-electron chi connectivity index (χ3n) is 3.81. The van der Waals surface area contributed by atoms with Gasteiger partial charge in [0.25, 0.3) is 0 Å². The Bertz CT molecular complexity index is 398. The Kier molecular flexibility index (Phi) is 4.28. The fraction of sp³-hybridized carbons (Fsp3) is 0.625. The number of aryl methyl sites for hydroxylation is 1. The molecule has 0 fully saturated rings. The summed E-state index contributed by atoms with van der Waals surface area (Å²) in [6.45, 7) is 9.01. The molecule has 0 spiro atoms. The molecule has 2 heteroatoms. The van der Waals surface area contributed by atoms with Crippen LogP contribution >= 0.6 is 0 Å². The van der Waals surface area contributed by atoms with Crippen LogP contribution in [0.1, 0.15) is 44.4 Å². The second-order valence-electron chi connectivity index (χ2n) is 5.81. The van der Waals surface area contributed by atoms with Crippen LogP contribution in [0.2, 0.25) is 0 Å². The Morgan fingerprint density at radius 3 is 2.83 bits per heavy atom. The molecule has 0 bridgehead atoms. The number of hydrogen-bond acceptors (Lipinski definition) is 2. The van der Waals surface area contributed by atoms with Crippen molar-refractivity contribution in [1.82, 2.24) is 5.32 Å². The lowest BCUT2D eigenvalue weighted by molar-refractivity contribution is 0.444. The summed E-state index contributed by atoms with van der Waals surface area (Å²) in [6.07, 6.45) is 2.33. The predicted octanol–water partition coefficient (Wildman–Crippen LogP) is 3.38. The van der Waals surface area contributed by atoms with Gasteiger partial charge in [0.15, 0.2) is 0 Å². The molecule has 2 nitrogen and oxygen atoms in total. The fourth-order valence-corrected chi connectivity index (χ4v) is 2.64. The summed E-state index contributed by atoms with van der Waals surface area (Å²) in [5, 5.41) is 3.72. The Balaban J connectivity index is 2.23. The van der Waals surface area contributed by atoms with E-state index in [1.165, 1.54) is 23.2 Å². The first-order chi connectivity index (χ1) is 8.61. The lowest BCUT2D eigenvalue weighted by Crippen LogP contribution is -2.35. The topological polar surface area (TPSA) is 15.3 Å². The maximum absolute atomic E-state index is 3.72. The number of nitrogens with one attached hydrogen (secondary N) is 1. The highest BCUT2D eigenvalue weighted by Gasteiger charge is 2.22. The number of hydrogen-bond donors (Lipinski definition) is 1. The summed E-state index contributed by atoms with van der Waals surface area (Å²) in [4.78, 5) is 2.38. The average molecular weight is 246 g/mol. The number of nitrogens with zero attached hydrogens (tertiary/aromatic N) is 1. The Hall–Kier alpha value is -1.02. The van der Waals surface area contributed by atoms with Gasteiger partial charge in [-0.2, -0.15) is 0 Å². The molecule has 18 heavy (non-hydrogen) atoms. The molecule has 0 saturated carbocycles. The number of rotatable bonds is 4. The minimum absolute atomic E-state index is 0.532. The van der Waals surface area contributed by atoms with E-state index in [4.69, 9.17) is 0 Å². The largest absolute Gasteiger partial charge is 0.374 e. The van der Waals surface area contributed by atoms with Crippen LogP contribution in [0.15, 0.2) is 18.2 Å². The summed E-state index contributed by atoms with van der Waals surface area (Å²) in [5.74, 6) is 0.711. The average Bonchev–Trinajstić information content (AvgIpc) is 2.37. The van der Waals surface area contributed by atoms with E-state index in [1.807, 2.05) is 0 Å². The normalized spacial score (nSPS) is 19.2. The molecule has 0 radical (unpaired) electrons. The van der Waals surface area contributed by atoms with Gasteiger partial charge >= 0.3 is 0 Å². The van der Waals surface area contributed by atoms with E-state index in [-0.39, 0.29) is 0 Å². The first-order valence-corrected chi connectivity index (χ1v) is 7.19. The molecule has 1 heterocycles. The van der Waals surface area contributed by atoms with Gasteiger partial charge in [-0.1, -0.05) is 32.9 Å². The van der Waals surface area contributed by atoms with Crippen LogP contribution in [-0.4, -0.2) is 20.1 Å². The van der Waals surface area contributed by atoms with Crippen molar-refractivity contribution >= 4 is 5.69 Å². The highest BCUT2D eigenvalue weighted by Crippen LogP contribution is 2.33. The van der Waals surface area contributed by atoms with Crippen molar-refractivity contribution in [3.05, 3.63) is 29.3 Å². The molecule has 0 aromatic heterocycles. The molecule has 1 aromatic carbocycles. The van der Waals surface area contributed by atoms with E-state index in [1.54, 1.807) is 0 Å². The van der Waals surface area contributed by atoms with Crippen molar-refractivity contribution in [2.24, 2.45) is 5.92 Å². The molecule has 1 aromatic rings. The van der Waals surface area contributed by atoms with E-state index in [9.17, 15) is 0 Å².